The van der Waals surface area contributed by atoms with Crippen LogP contribution in [0.1, 0.15) is 17.5 Å². The number of allylic oxidation sites excluding steroid dienone is 4. The van der Waals surface area contributed by atoms with Gasteiger partial charge in [0.1, 0.15) is 0 Å². The second kappa shape index (κ2) is 7.76. The Morgan fingerprint density at radius 1 is 1.00 bits per heavy atom. The van der Waals surface area contributed by atoms with Crippen molar-refractivity contribution in [2.45, 2.75) is 6.42 Å². The van der Waals surface area contributed by atoms with Gasteiger partial charge in [-0.2, -0.15) is 0 Å². The lowest BCUT2D eigenvalue weighted by Gasteiger charge is -2.37. The molecule has 0 unspecified atom stereocenters. The molecule has 0 saturated carbocycles. The second-order valence-corrected chi connectivity index (χ2v) is 7.60. The molecular weight excluding hydrogens is 356 g/mol. The predicted octanol–water partition coefficient (Wildman–Crippen LogP) is 5.17. The molecule has 3 nitrogen and oxygen atoms in total. The summed E-state index contributed by atoms with van der Waals surface area (Å²) >= 11 is 0. The average Bonchev–Trinajstić information content (AvgIpc) is 2.80. The standard InChI is InChI=1S/C26H26N2O/c1-2-15-28-24-9-5-3-7-22(24)26(23-8-4-6-10-25(23)28)20-11-13-21(14-12-20)27-16-18-29-19-17-27/h2-7,9-14H,1,8,15-19H2. The van der Waals surface area contributed by atoms with Crippen molar-refractivity contribution in [2.24, 2.45) is 0 Å². The first-order valence-electron chi connectivity index (χ1n) is 10.4. The third kappa shape index (κ3) is 3.22. The van der Waals surface area contributed by atoms with Crippen molar-refractivity contribution in [2.75, 3.05) is 42.6 Å². The van der Waals surface area contributed by atoms with Gasteiger partial charge < -0.3 is 14.5 Å². The van der Waals surface area contributed by atoms with Crippen LogP contribution in [0.3, 0.4) is 0 Å². The molecule has 3 aliphatic rings. The quantitative estimate of drug-likeness (QED) is 0.678. The van der Waals surface area contributed by atoms with E-state index in [0.717, 1.165) is 39.3 Å². The molecule has 0 radical (unpaired) electrons. The topological polar surface area (TPSA) is 15.7 Å². The highest BCUT2D eigenvalue weighted by Crippen LogP contribution is 2.45. The Morgan fingerprint density at radius 3 is 2.59 bits per heavy atom. The maximum Gasteiger partial charge on any atom is 0.0642 e. The van der Waals surface area contributed by atoms with Crippen LogP contribution in [0.25, 0.3) is 5.57 Å². The lowest BCUT2D eigenvalue weighted by molar-refractivity contribution is 0.122. The van der Waals surface area contributed by atoms with Crippen LogP contribution in [0.2, 0.25) is 0 Å². The van der Waals surface area contributed by atoms with Crippen LogP contribution >= 0.6 is 0 Å². The van der Waals surface area contributed by atoms with Gasteiger partial charge in [0.25, 0.3) is 0 Å². The molecule has 3 heteroatoms. The van der Waals surface area contributed by atoms with Gasteiger partial charge >= 0.3 is 0 Å². The van der Waals surface area contributed by atoms with Gasteiger partial charge in [-0.05, 0) is 47.4 Å². The van der Waals surface area contributed by atoms with Crippen LogP contribution < -0.4 is 9.80 Å². The Bertz CT molecular complexity index is 1010. The molecule has 2 aliphatic heterocycles. The molecule has 2 aromatic carbocycles. The molecule has 0 aromatic heterocycles. The first-order chi connectivity index (χ1) is 14.4. The molecule has 0 bridgehead atoms. The monoisotopic (exact) mass is 382 g/mol. The SMILES string of the molecule is C=CCN1C2=CC=CCC2=C(c2ccc(N3CCOCC3)cc2)c2ccccc21. The number of rotatable bonds is 4. The highest BCUT2D eigenvalue weighted by Gasteiger charge is 2.28. The molecule has 2 heterocycles. The second-order valence-electron chi connectivity index (χ2n) is 7.60. The van der Waals surface area contributed by atoms with Crippen LogP contribution in [0.15, 0.2) is 90.7 Å². The van der Waals surface area contributed by atoms with Gasteiger partial charge in [0.2, 0.25) is 0 Å². The summed E-state index contributed by atoms with van der Waals surface area (Å²) in [6, 6.07) is 17.8. The first-order valence-corrected chi connectivity index (χ1v) is 10.4. The number of ether oxygens (including phenoxy) is 1. The van der Waals surface area contributed by atoms with Gasteiger partial charge in [-0.1, -0.05) is 48.6 Å². The Kier molecular flexibility index (Phi) is 4.82. The number of para-hydroxylation sites is 1. The summed E-state index contributed by atoms with van der Waals surface area (Å²) in [5.74, 6) is 0. The van der Waals surface area contributed by atoms with Crippen LogP contribution in [0, 0.1) is 0 Å². The average molecular weight is 383 g/mol. The Hall–Kier alpha value is -3.04. The Morgan fingerprint density at radius 2 is 1.79 bits per heavy atom. The number of hydrogen-bond acceptors (Lipinski definition) is 3. The third-order valence-electron chi connectivity index (χ3n) is 5.92. The number of fused-ring (bicyclic) bond motifs is 2. The minimum atomic E-state index is 0.809. The number of benzene rings is 2. The summed E-state index contributed by atoms with van der Waals surface area (Å²) in [7, 11) is 0. The van der Waals surface area contributed by atoms with E-state index in [1.807, 2.05) is 6.08 Å². The van der Waals surface area contributed by atoms with Crippen molar-refractivity contribution in [3.63, 3.8) is 0 Å². The summed E-state index contributed by atoms with van der Waals surface area (Å²) in [5.41, 5.74) is 9.15. The predicted molar refractivity (Wildman–Crippen MR) is 121 cm³/mol. The van der Waals surface area contributed by atoms with Crippen molar-refractivity contribution in [1.82, 2.24) is 0 Å². The number of hydrogen-bond donors (Lipinski definition) is 0. The maximum absolute atomic E-state index is 5.49. The molecule has 0 spiro atoms. The smallest absolute Gasteiger partial charge is 0.0642 e. The molecule has 5 rings (SSSR count). The minimum Gasteiger partial charge on any atom is -0.378 e. The van der Waals surface area contributed by atoms with Crippen LogP contribution in [0.4, 0.5) is 11.4 Å². The fourth-order valence-electron chi connectivity index (χ4n) is 4.56. The Balaban J connectivity index is 1.60. The van der Waals surface area contributed by atoms with Gasteiger partial charge in [-0.3, -0.25) is 0 Å². The molecule has 0 amide bonds. The summed E-state index contributed by atoms with van der Waals surface area (Å²) in [4.78, 5) is 4.78. The fraction of sp³-hybridized carbons (Fsp3) is 0.231. The molecule has 1 fully saturated rings. The summed E-state index contributed by atoms with van der Waals surface area (Å²) < 4.78 is 5.49. The van der Waals surface area contributed by atoms with E-state index in [-0.39, 0.29) is 0 Å². The lowest BCUT2D eigenvalue weighted by atomic mass is 9.83. The van der Waals surface area contributed by atoms with Gasteiger partial charge in [0.05, 0.1) is 13.2 Å². The van der Waals surface area contributed by atoms with Gasteiger partial charge in [0.15, 0.2) is 0 Å². The van der Waals surface area contributed by atoms with E-state index in [1.54, 1.807) is 0 Å². The highest BCUT2D eigenvalue weighted by atomic mass is 16.5. The van der Waals surface area contributed by atoms with E-state index in [1.165, 1.54) is 39.3 Å². The lowest BCUT2D eigenvalue weighted by Crippen LogP contribution is -2.36. The first kappa shape index (κ1) is 18.0. The summed E-state index contributed by atoms with van der Waals surface area (Å²) in [6.45, 7) is 8.33. The van der Waals surface area contributed by atoms with E-state index in [9.17, 15) is 0 Å². The largest absolute Gasteiger partial charge is 0.378 e. The van der Waals surface area contributed by atoms with E-state index in [2.05, 4.69) is 83.1 Å². The minimum absolute atomic E-state index is 0.809. The van der Waals surface area contributed by atoms with E-state index < -0.39 is 0 Å². The number of anilines is 2. The molecule has 1 saturated heterocycles. The van der Waals surface area contributed by atoms with Crippen molar-refractivity contribution < 1.29 is 4.74 Å². The zero-order valence-electron chi connectivity index (χ0n) is 16.7. The Labute approximate surface area is 172 Å². The van der Waals surface area contributed by atoms with E-state index in [0.29, 0.717) is 0 Å². The highest BCUT2D eigenvalue weighted by molar-refractivity contribution is 5.95. The molecule has 2 aromatic rings. The summed E-state index contributed by atoms with van der Waals surface area (Å²) in [6.07, 6.45) is 9.59. The molecule has 146 valence electrons. The van der Waals surface area contributed by atoms with Crippen molar-refractivity contribution in [3.8, 4) is 0 Å². The molecule has 29 heavy (non-hydrogen) atoms. The van der Waals surface area contributed by atoms with Gasteiger partial charge in [-0.25, -0.2) is 0 Å². The maximum atomic E-state index is 5.49. The summed E-state index contributed by atoms with van der Waals surface area (Å²) in [5, 5.41) is 0. The van der Waals surface area contributed by atoms with Crippen molar-refractivity contribution >= 4 is 16.9 Å². The van der Waals surface area contributed by atoms with E-state index in [4.69, 9.17) is 4.74 Å². The molecule has 1 aliphatic carbocycles. The zero-order chi connectivity index (χ0) is 19.6. The third-order valence-corrected chi connectivity index (χ3v) is 5.92. The molecular formula is C26H26N2O. The van der Waals surface area contributed by atoms with Gasteiger partial charge in [0, 0.05) is 42.3 Å². The number of nitrogens with zero attached hydrogens (tertiary/aromatic N) is 2. The van der Waals surface area contributed by atoms with Crippen molar-refractivity contribution in [1.29, 1.82) is 0 Å². The number of morpholine rings is 1. The fourth-order valence-corrected chi connectivity index (χ4v) is 4.56. The van der Waals surface area contributed by atoms with E-state index >= 15 is 0 Å². The van der Waals surface area contributed by atoms with Gasteiger partial charge in [-0.15, -0.1) is 6.58 Å². The molecule has 0 N–H and O–H groups in total. The molecule has 0 atom stereocenters. The normalized spacial score (nSPS) is 18.3. The zero-order valence-corrected chi connectivity index (χ0v) is 16.7. The van der Waals surface area contributed by atoms with Crippen molar-refractivity contribution in [3.05, 3.63) is 102 Å². The van der Waals surface area contributed by atoms with Crippen LogP contribution in [-0.4, -0.2) is 32.8 Å². The van der Waals surface area contributed by atoms with Crippen LogP contribution in [-0.2, 0) is 4.74 Å². The van der Waals surface area contributed by atoms with Crippen LogP contribution in [0.5, 0.6) is 0 Å².